The highest BCUT2D eigenvalue weighted by molar-refractivity contribution is 9.10. The number of hydrogen-bond acceptors (Lipinski definition) is 2. The maximum Gasteiger partial charge on any atom is 0.120 e. The summed E-state index contributed by atoms with van der Waals surface area (Å²) >= 11 is 3.63. The van der Waals surface area contributed by atoms with Gasteiger partial charge in [-0.3, -0.25) is 0 Å². The molecule has 1 aromatic rings. The first-order valence-corrected chi connectivity index (χ1v) is 3.40. The van der Waals surface area contributed by atoms with Crippen LogP contribution in [-0.2, 0) is 0 Å². The maximum absolute atomic E-state index is 7.12. The first-order valence-electron chi connectivity index (χ1n) is 4.79. The fourth-order valence-electron chi connectivity index (χ4n) is 0.302. The number of halogens is 1. The van der Waals surface area contributed by atoms with E-state index in [1.165, 1.54) is 0 Å². The second-order valence-electron chi connectivity index (χ2n) is 1.14. The summed E-state index contributed by atoms with van der Waals surface area (Å²) in [6.45, 7) is -4.67. The van der Waals surface area contributed by atoms with E-state index in [1.54, 1.807) is 0 Å². The lowest BCUT2D eigenvalue weighted by Gasteiger charge is -1.75. The van der Waals surface area contributed by atoms with Crippen LogP contribution in [0.3, 0.4) is 0 Å². The molecule has 0 N–H and O–H groups in total. The van der Waals surface area contributed by atoms with Gasteiger partial charge in [0.1, 0.15) is 4.60 Å². The van der Waals surface area contributed by atoms with Crippen LogP contribution >= 0.6 is 27.3 Å². The first-order chi connectivity index (χ1) is 6.12. The summed E-state index contributed by atoms with van der Waals surface area (Å²) in [6, 6.07) is 0. The molecule has 0 aromatic carbocycles. The second-order valence-corrected chi connectivity index (χ2v) is 2.89. The van der Waals surface area contributed by atoms with Crippen LogP contribution < -0.4 is 0 Å². The predicted octanol–water partition coefficient (Wildman–Crippen LogP) is 2.52. The number of thiazole rings is 1. The predicted molar refractivity (Wildman–Crippen MR) is 39.3 cm³/mol. The van der Waals surface area contributed by atoms with Gasteiger partial charge in [-0.05, 0) is 29.6 Å². The molecule has 0 bridgehead atoms. The van der Waals surface area contributed by atoms with Crippen molar-refractivity contribution >= 4 is 27.3 Å². The summed E-state index contributed by atoms with van der Waals surface area (Å²) in [4.78, 5) is 3.64. The summed E-state index contributed by atoms with van der Waals surface area (Å²) in [6.07, 6.45) is 0. The van der Waals surface area contributed by atoms with Gasteiger partial charge in [-0.1, -0.05) is 0 Å². The van der Waals surface area contributed by atoms with Gasteiger partial charge in [0.15, 0.2) is 0 Å². The van der Waals surface area contributed by atoms with E-state index in [1.807, 2.05) is 0 Å². The minimum Gasteiger partial charge on any atom is -0.234 e. The molecule has 1 rings (SSSR count). The Kier molecular flexibility index (Phi) is 0.554. The number of aromatic nitrogens is 1. The molecule has 0 unspecified atom stereocenters. The highest BCUT2D eigenvalue weighted by Gasteiger charge is 1.97. The van der Waals surface area contributed by atoms with Gasteiger partial charge in [-0.25, -0.2) is 4.98 Å². The lowest BCUT2D eigenvalue weighted by Crippen LogP contribution is -1.64. The smallest absolute Gasteiger partial charge is 0.120 e. The van der Waals surface area contributed by atoms with Gasteiger partial charge in [-0.2, -0.15) is 0 Å². The SMILES string of the molecule is [2H]C([2H])([2H])c1nc(Br)c(C([2H])([2H])[2H])s1. The van der Waals surface area contributed by atoms with Crippen LogP contribution in [0.2, 0.25) is 0 Å². The molecular weight excluding hydrogens is 186 g/mol. The maximum atomic E-state index is 7.12. The van der Waals surface area contributed by atoms with Gasteiger partial charge in [0, 0.05) is 13.1 Å². The van der Waals surface area contributed by atoms with Gasteiger partial charge >= 0.3 is 0 Å². The van der Waals surface area contributed by atoms with E-state index in [4.69, 9.17) is 8.22 Å². The van der Waals surface area contributed by atoms with Crippen molar-refractivity contribution in [3.05, 3.63) is 14.5 Å². The summed E-state index contributed by atoms with van der Waals surface area (Å²) in [5, 5.41) is -0.157. The Hall–Kier alpha value is 0.110. The molecule has 1 nitrogen and oxygen atoms in total. The lowest BCUT2D eigenvalue weighted by molar-refractivity contribution is 1.24. The molecule has 0 aliphatic carbocycles. The van der Waals surface area contributed by atoms with Crippen molar-refractivity contribution in [1.82, 2.24) is 4.98 Å². The number of hydrogen-bond donors (Lipinski definition) is 0. The van der Waals surface area contributed by atoms with Crippen LogP contribution in [-0.4, -0.2) is 4.98 Å². The highest BCUT2D eigenvalue weighted by atomic mass is 79.9. The fraction of sp³-hybridized carbons (Fsp3) is 0.400. The molecule has 0 atom stereocenters. The summed E-state index contributed by atoms with van der Waals surface area (Å²) in [5.41, 5.74) is 0. The van der Waals surface area contributed by atoms with Crippen molar-refractivity contribution in [2.45, 2.75) is 13.7 Å². The van der Waals surface area contributed by atoms with E-state index in [0.717, 1.165) is 0 Å². The number of rotatable bonds is 0. The quantitative estimate of drug-likeness (QED) is 0.624. The average molecular weight is 198 g/mol. The third kappa shape index (κ3) is 1.09. The van der Waals surface area contributed by atoms with E-state index >= 15 is 0 Å². The van der Waals surface area contributed by atoms with Crippen LogP contribution in [0, 0.1) is 13.7 Å². The summed E-state index contributed by atoms with van der Waals surface area (Å²) in [7, 11) is 0. The van der Waals surface area contributed by atoms with Crippen LogP contribution in [0.4, 0.5) is 0 Å². The zero-order valence-corrected chi connectivity index (χ0v) is 6.14. The molecule has 0 radical (unpaired) electrons. The fourth-order valence-corrected chi connectivity index (χ4v) is 1.30. The van der Waals surface area contributed by atoms with E-state index < -0.39 is 13.7 Å². The molecule has 1 aromatic heterocycles. The molecule has 0 saturated heterocycles. The Morgan fingerprint density at radius 2 is 2.62 bits per heavy atom. The molecule has 0 spiro atoms. The monoisotopic (exact) mass is 197 g/mol. The molecule has 0 saturated carbocycles. The topological polar surface area (TPSA) is 12.9 Å². The van der Waals surface area contributed by atoms with Gasteiger partial charge in [0.2, 0.25) is 0 Å². The Labute approximate surface area is 69.3 Å². The number of aryl methyl sites for hydroxylation is 2. The van der Waals surface area contributed by atoms with Crippen molar-refractivity contribution in [1.29, 1.82) is 0 Å². The largest absolute Gasteiger partial charge is 0.234 e. The summed E-state index contributed by atoms with van der Waals surface area (Å²) < 4.78 is 42.6. The van der Waals surface area contributed by atoms with E-state index in [-0.39, 0.29) is 14.5 Å². The molecule has 0 aliphatic rings. The summed E-state index contributed by atoms with van der Waals surface area (Å²) in [5.74, 6) is 0. The van der Waals surface area contributed by atoms with Crippen LogP contribution in [0.1, 0.15) is 18.1 Å². The van der Waals surface area contributed by atoms with E-state index in [0.29, 0.717) is 11.3 Å². The van der Waals surface area contributed by atoms with E-state index in [2.05, 4.69) is 20.9 Å². The van der Waals surface area contributed by atoms with Gasteiger partial charge in [-0.15, -0.1) is 11.3 Å². The highest BCUT2D eigenvalue weighted by Crippen LogP contribution is 2.20. The van der Waals surface area contributed by atoms with Gasteiger partial charge in [0.05, 0.1) is 5.01 Å². The van der Waals surface area contributed by atoms with Crippen molar-refractivity contribution in [2.24, 2.45) is 0 Å². The average Bonchev–Trinajstić information content (AvgIpc) is 2.27. The van der Waals surface area contributed by atoms with Crippen molar-refractivity contribution in [3.8, 4) is 0 Å². The van der Waals surface area contributed by atoms with Crippen LogP contribution in [0.15, 0.2) is 4.60 Å². The van der Waals surface area contributed by atoms with Crippen LogP contribution in [0.5, 0.6) is 0 Å². The van der Waals surface area contributed by atoms with Gasteiger partial charge in [0.25, 0.3) is 0 Å². The van der Waals surface area contributed by atoms with Crippen molar-refractivity contribution < 1.29 is 8.22 Å². The standard InChI is InChI=1S/C5H6BrNS/c1-3-5(6)7-4(2)8-3/h1-2H3/i1D3,2D3. The molecule has 0 aliphatic heterocycles. The number of nitrogens with zero attached hydrogens (tertiary/aromatic N) is 1. The van der Waals surface area contributed by atoms with Crippen molar-refractivity contribution in [3.63, 3.8) is 0 Å². The molecule has 3 heteroatoms. The Bertz CT molecular complexity index is 339. The Balaban J connectivity index is 3.19. The normalized spacial score (nSPS) is 24.1. The van der Waals surface area contributed by atoms with E-state index in [9.17, 15) is 0 Å². The minimum absolute atomic E-state index is 0.0244. The first kappa shape index (κ1) is 2.06. The molecule has 0 fully saturated rings. The third-order valence-corrected chi connectivity index (χ3v) is 2.10. The molecule has 1 heterocycles. The molecular formula is C5H6BrNS. The van der Waals surface area contributed by atoms with Gasteiger partial charge < -0.3 is 0 Å². The lowest BCUT2D eigenvalue weighted by atomic mass is 10.6. The molecule has 8 heavy (non-hydrogen) atoms. The molecule has 0 amide bonds. The van der Waals surface area contributed by atoms with Crippen molar-refractivity contribution in [2.75, 3.05) is 0 Å². The zero-order valence-electron chi connectivity index (χ0n) is 9.73. The Morgan fingerprint density at radius 3 is 3.00 bits per heavy atom. The second kappa shape index (κ2) is 2.15. The molecule has 44 valence electrons. The minimum atomic E-state index is -2.35. The third-order valence-electron chi connectivity index (χ3n) is 0.586. The Morgan fingerprint density at radius 1 is 1.75 bits per heavy atom. The van der Waals surface area contributed by atoms with Crippen LogP contribution in [0.25, 0.3) is 0 Å². The zero-order chi connectivity index (χ0) is 11.1.